The van der Waals surface area contributed by atoms with E-state index in [1.165, 1.54) is 36.9 Å². The van der Waals surface area contributed by atoms with Crippen LogP contribution >= 0.6 is 12.4 Å². The number of aryl methyl sites for hydroxylation is 2. The minimum absolute atomic E-state index is 0. The molecule has 0 saturated heterocycles. The van der Waals surface area contributed by atoms with E-state index in [1.807, 2.05) is 17.9 Å². The van der Waals surface area contributed by atoms with E-state index in [0.29, 0.717) is 6.54 Å². The van der Waals surface area contributed by atoms with Crippen LogP contribution in [0.25, 0.3) is 0 Å². The molecule has 3 N–H and O–H groups in total. The lowest BCUT2D eigenvalue weighted by Gasteiger charge is -2.30. The van der Waals surface area contributed by atoms with Crippen molar-refractivity contribution in [3.05, 3.63) is 17.5 Å². The fourth-order valence-electron chi connectivity index (χ4n) is 3.89. The first-order valence-electron chi connectivity index (χ1n) is 8.64. The van der Waals surface area contributed by atoms with Crippen molar-refractivity contribution in [1.29, 1.82) is 0 Å². The molecule has 1 heterocycles. The van der Waals surface area contributed by atoms with Gasteiger partial charge in [0.25, 0.3) is 0 Å². The van der Waals surface area contributed by atoms with Crippen LogP contribution in [0.1, 0.15) is 56.2 Å². The number of carbonyl (C=O) groups is 1. The van der Waals surface area contributed by atoms with Crippen molar-refractivity contribution in [2.24, 2.45) is 18.7 Å². The summed E-state index contributed by atoms with van der Waals surface area (Å²) in [5.74, 6) is 0.234. The van der Waals surface area contributed by atoms with Crippen molar-refractivity contribution in [2.75, 3.05) is 6.54 Å². The predicted molar refractivity (Wildman–Crippen MR) is 93.6 cm³/mol. The first kappa shape index (κ1) is 18.3. The van der Waals surface area contributed by atoms with E-state index in [-0.39, 0.29) is 29.8 Å². The van der Waals surface area contributed by atoms with Crippen molar-refractivity contribution in [1.82, 2.24) is 15.1 Å². The molecule has 1 saturated carbocycles. The van der Waals surface area contributed by atoms with Gasteiger partial charge in [-0.15, -0.1) is 12.4 Å². The number of hydrogen-bond acceptors (Lipinski definition) is 3. The van der Waals surface area contributed by atoms with E-state index >= 15 is 0 Å². The van der Waals surface area contributed by atoms with E-state index in [1.54, 1.807) is 0 Å². The lowest BCUT2D eigenvalue weighted by molar-refractivity contribution is -0.125. The SMILES string of the molecule is Cl.Cn1ncc2c1CC(C(=O)NCC1(N)CCCCCC1)CC2. The lowest BCUT2D eigenvalue weighted by Crippen LogP contribution is -2.51. The summed E-state index contributed by atoms with van der Waals surface area (Å²) < 4.78 is 1.91. The Morgan fingerprint density at radius 1 is 1.39 bits per heavy atom. The summed E-state index contributed by atoms with van der Waals surface area (Å²) in [7, 11) is 1.96. The average molecular weight is 341 g/mol. The summed E-state index contributed by atoms with van der Waals surface area (Å²) in [6.07, 6.45) is 11.6. The van der Waals surface area contributed by atoms with Gasteiger partial charge in [0.1, 0.15) is 0 Å². The molecule has 1 aromatic heterocycles. The number of nitrogens with two attached hydrogens (primary N) is 1. The van der Waals surface area contributed by atoms with Gasteiger partial charge in [0, 0.05) is 37.2 Å². The molecule has 1 atom stereocenters. The standard InChI is InChI=1S/C17H28N4O.ClH/c1-21-15-10-13(6-7-14(15)11-20-21)16(22)19-12-17(18)8-4-2-3-5-9-17;/h11,13H,2-10,12,18H2,1H3,(H,19,22);1H. The van der Waals surface area contributed by atoms with Crippen molar-refractivity contribution < 1.29 is 4.79 Å². The third-order valence-electron chi connectivity index (χ3n) is 5.43. The lowest BCUT2D eigenvalue weighted by atomic mass is 9.86. The molecule has 0 bridgehead atoms. The van der Waals surface area contributed by atoms with Crippen molar-refractivity contribution in [2.45, 2.75) is 63.3 Å². The van der Waals surface area contributed by atoms with Crippen LogP contribution < -0.4 is 11.1 Å². The molecule has 2 aliphatic rings. The zero-order chi connectivity index (χ0) is 15.6. The maximum atomic E-state index is 12.5. The highest BCUT2D eigenvalue weighted by Gasteiger charge is 2.30. The number of amides is 1. The van der Waals surface area contributed by atoms with Gasteiger partial charge in [-0.1, -0.05) is 25.7 Å². The molecule has 1 amide bonds. The molecule has 5 nitrogen and oxygen atoms in total. The second-order valence-electron chi connectivity index (χ2n) is 7.17. The number of rotatable bonds is 3. The van der Waals surface area contributed by atoms with E-state index in [4.69, 9.17) is 5.73 Å². The van der Waals surface area contributed by atoms with Crippen LogP contribution in [0.15, 0.2) is 6.20 Å². The van der Waals surface area contributed by atoms with Gasteiger partial charge < -0.3 is 11.1 Å². The van der Waals surface area contributed by atoms with Crippen LogP contribution in [-0.2, 0) is 24.7 Å². The third kappa shape index (κ3) is 4.27. The first-order chi connectivity index (χ1) is 10.6. The number of aromatic nitrogens is 2. The summed E-state index contributed by atoms with van der Waals surface area (Å²) in [4.78, 5) is 12.5. The maximum Gasteiger partial charge on any atom is 0.223 e. The van der Waals surface area contributed by atoms with Gasteiger partial charge in [0.2, 0.25) is 5.91 Å². The summed E-state index contributed by atoms with van der Waals surface area (Å²) in [5, 5.41) is 7.44. The van der Waals surface area contributed by atoms with Crippen LogP contribution in [0.2, 0.25) is 0 Å². The smallest absolute Gasteiger partial charge is 0.223 e. The number of nitrogens with zero attached hydrogens (tertiary/aromatic N) is 2. The second-order valence-corrected chi connectivity index (χ2v) is 7.17. The predicted octanol–water partition coefficient (Wildman–Crippen LogP) is 2.11. The van der Waals surface area contributed by atoms with Gasteiger partial charge in [0.05, 0.1) is 6.20 Å². The zero-order valence-corrected chi connectivity index (χ0v) is 14.8. The van der Waals surface area contributed by atoms with E-state index in [2.05, 4.69) is 10.4 Å². The second kappa shape index (κ2) is 7.67. The fourth-order valence-corrected chi connectivity index (χ4v) is 3.89. The van der Waals surface area contributed by atoms with E-state index in [0.717, 1.165) is 32.1 Å². The van der Waals surface area contributed by atoms with E-state index in [9.17, 15) is 4.79 Å². The number of halogens is 1. The van der Waals surface area contributed by atoms with Gasteiger partial charge >= 0.3 is 0 Å². The molecular formula is C17H29ClN4O. The molecule has 1 aromatic rings. The molecule has 0 spiro atoms. The number of nitrogens with one attached hydrogen (secondary N) is 1. The Morgan fingerprint density at radius 2 is 2.09 bits per heavy atom. The Morgan fingerprint density at radius 3 is 2.78 bits per heavy atom. The summed E-state index contributed by atoms with van der Waals surface area (Å²) in [6.45, 7) is 0.626. The molecule has 0 radical (unpaired) electrons. The molecule has 130 valence electrons. The van der Waals surface area contributed by atoms with Crippen molar-refractivity contribution >= 4 is 18.3 Å². The molecule has 6 heteroatoms. The molecule has 0 aliphatic heterocycles. The Balaban J connectivity index is 0.00000192. The third-order valence-corrected chi connectivity index (χ3v) is 5.43. The highest BCUT2D eigenvalue weighted by molar-refractivity contribution is 5.85. The van der Waals surface area contributed by atoms with Crippen LogP contribution in [0.5, 0.6) is 0 Å². The van der Waals surface area contributed by atoms with Crippen LogP contribution in [0.4, 0.5) is 0 Å². The quantitative estimate of drug-likeness (QED) is 0.828. The number of hydrogen-bond donors (Lipinski definition) is 2. The molecule has 23 heavy (non-hydrogen) atoms. The van der Waals surface area contributed by atoms with Gasteiger partial charge in [-0.25, -0.2) is 0 Å². The minimum Gasteiger partial charge on any atom is -0.354 e. The molecule has 3 rings (SSSR count). The maximum absolute atomic E-state index is 12.5. The topological polar surface area (TPSA) is 72.9 Å². The highest BCUT2D eigenvalue weighted by Crippen LogP contribution is 2.26. The zero-order valence-electron chi connectivity index (χ0n) is 14.0. The number of fused-ring (bicyclic) bond motifs is 1. The molecular weight excluding hydrogens is 312 g/mol. The van der Waals surface area contributed by atoms with Crippen LogP contribution in [0, 0.1) is 5.92 Å². The van der Waals surface area contributed by atoms with Crippen LogP contribution in [-0.4, -0.2) is 27.8 Å². The Bertz CT molecular complexity index is 535. The minimum atomic E-state index is -0.196. The van der Waals surface area contributed by atoms with Crippen molar-refractivity contribution in [3.63, 3.8) is 0 Å². The fraction of sp³-hybridized carbons (Fsp3) is 0.765. The first-order valence-corrected chi connectivity index (χ1v) is 8.64. The summed E-state index contributed by atoms with van der Waals surface area (Å²) in [5.41, 5.74) is 8.80. The van der Waals surface area contributed by atoms with Gasteiger partial charge in [-0.3, -0.25) is 9.48 Å². The molecule has 1 fully saturated rings. The highest BCUT2D eigenvalue weighted by atomic mass is 35.5. The van der Waals surface area contributed by atoms with E-state index < -0.39 is 0 Å². The summed E-state index contributed by atoms with van der Waals surface area (Å²) in [6, 6.07) is 0. The molecule has 1 unspecified atom stereocenters. The van der Waals surface area contributed by atoms with Gasteiger partial charge in [-0.2, -0.15) is 5.10 Å². The van der Waals surface area contributed by atoms with Gasteiger partial charge in [-0.05, 0) is 31.2 Å². The number of carbonyl (C=O) groups excluding carboxylic acids is 1. The van der Waals surface area contributed by atoms with Crippen LogP contribution in [0.3, 0.4) is 0 Å². The largest absolute Gasteiger partial charge is 0.354 e. The Labute approximate surface area is 144 Å². The Kier molecular flexibility index (Phi) is 6.09. The van der Waals surface area contributed by atoms with Crippen molar-refractivity contribution in [3.8, 4) is 0 Å². The normalized spacial score (nSPS) is 23.3. The monoisotopic (exact) mass is 340 g/mol. The Hall–Kier alpha value is -1.07. The van der Waals surface area contributed by atoms with Gasteiger partial charge in [0.15, 0.2) is 0 Å². The average Bonchev–Trinajstić information content (AvgIpc) is 2.75. The molecule has 2 aliphatic carbocycles. The summed E-state index contributed by atoms with van der Waals surface area (Å²) >= 11 is 0. The molecule has 0 aromatic carbocycles.